The Kier molecular flexibility index (Phi) is 5.92. The third kappa shape index (κ3) is 4.86. The molecule has 1 nitrogen and oxygen atoms in total. The van der Waals surface area contributed by atoms with Crippen LogP contribution >= 0.6 is 11.8 Å². The quantitative estimate of drug-likeness (QED) is 0.368. The van der Waals surface area contributed by atoms with E-state index in [1.807, 2.05) is 18.2 Å². The maximum absolute atomic E-state index is 14.2. The van der Waals surface area contributed by atoms with Crippen LogP contribution in [0.3, 0.4) is 0 Å². The number of halogens is 3. The summed E-state index contributed by atoms with van der Waals surface area (Å²) in [6.45, 7) is 0. The first-order chi connectivity index (χ1) is 12.6. The number of hydrogen-bond acceptors (Lipinski definition) is 2. The molecule has 3 rings (SSSR count). The Bertz CT molecular complexity index is 935. The standard InChI is InChI=1S/C21H14F3NS/c22-15-6-9-18(10-7-15)26-13-12-21(25-17-4-2-1-3-5-17)19-14-16(23)8-11-20(19)24/h1-14H. The highest BCUT2D eigenvalue weighted by Crippen LogP contribution is 2.22. The lowest BCUT2D eigenvalue weighted by molar-refractivity contribution is 0.598. The zero-order valence-electron chi connectivity index (χ0n) is 13.6. The monoisotopic (exact) mass is 369 g/mol. The van der Waals surface area contributed by atoms with Gasteiger partial charge in [-0.2, -0.15) is 0 Å². The first kappa shape index (κ1) is 18.0. The molecule has 3 aromatic rings. The summed E-state index contributed by atoms with van der Waals surface area (Å²) in [7, 11) is 0. The predicted octanol–water partition coefficient (Wildman–Crippen LogP) is 6.53. The number of aliphatic imine (C=N–C) groups is 1. The van der Waals surface area contributed by atoms with E-state index in [1.165, 1.54) is 23.9 Å². The van der Waals surface area contributed by atoms with E-state index in [0.29, 0.717) is 11.4 Å². The zero-order chi connectivity index (χ0) is 18.4. The SMILES string of the molecule is Fc1ccc(SC=CC(=Nc2ccccc2)c2cc(F)ccc2F)cc1. The molecule has 0 spiro atoms. The molecule has 0 atom stereocenters. The Morgan fingerprint density at radius 2 is 1.50 bits per heavy atom. The average Bonchev–Trinajstić information content (AvgIpc) is 2.65. The molecule has 0 aromatic heterocycles. The molecule has 0 unspecified atom stereocenters. The van der Waals surface area contributed by atoms with Gasteiger partial charge in [0.1, 0.15) is 17.5 Å². The van der Waals surface area contributed by atoms with Crippen LogP contribution in [0, 0.1) is 17.5 Å². The van der Waals surface area contributed by atoms with Crippen molar-refractivity contribution >= 4 is 23.2 Å². The summed E-state index contributed by atoms with van der Waals surface area (Å²) in [4.78, 5) is 5.25. The number of thioether (sulfide) groups is 1. The van der Waals surface area contributed by atoms with Crippen LogP contribution in [0.1, 0.15) is 5.56 Å². The molecular weight excluding hydrogens is 355 g/mol. The minimum absolute atomic E-state index is 0.0739. The predicted molar refractivity (Wildman–Crippen MR) is 100 cm³/mol. The number of hydrogen-bond donors (Lipinski definition) is 0. The van der Waals surface area contributed by atoms with Crippen molar-refractivity contribution in [2.24, 2.45) is 4.99 Å². The number of para-hydroxylation sites is 1. The molecule has 0 aliphatic carbocycles. The van der Waals surface area contributed by atoms with Gasteiger partial charge in [0.05, 0.1) is 11.4 Å². The third-order valence-corrected chi connectivity index (χ3v) is 4.27. The van der Waals surface area contributed by atoms with Gasteiger partial charge in [-0.15, -0.1) is 0 Å². The number of benzene rings is 3. The third-order valence-electron chi connectivity index (χ3n) is 3.45. The maximum Gasteiger partial charge on any atom is 0.132 e. The second-order valence-corrected chi connectivity index (χ2v) is 6.31. The van der Waals surface area contributed by atoms with Gasteiger partial charge in [0.2, 0.25) is 0 Å². The fourth-order valence-electron chi connectivity index (χ4n) is 2.21. The van der Waals surface area contributed by atoms with Crippen LogP contribution in [0.4, 0.5) is 18.9 Å². The molecule has 0 aliphatic heterocycles. The molecule has 26 heavy (non-hydrogen) atoms. The Morgan fingerprint density at radius 3 is 2.23 bits per heavy atom. The van der Waals surface area contributed by atoms with Crippen LogP contribution in [0.5, 0.6) is 0 Å². The van der Waals surface area contributed by atoms with E-state index in [4.69, 9.17) is 0 Å². The van der Waals surface area contributed by atoms with E-state index in [-0.39, 0.29) is 11.4 Å². The lowest BCUT2D eigenvalue weighted by atomic mass is 10.1. The molecule has 0 saturated heterocycles. The Hall–Kier alpha value is -2.79. The summed E-state index contributed by atoms with van der Waals surface area (Å²) < 4.78 is 40.7. The van der Waals surface area contributed by atoms with Gasteiger partial charge in [-0.05, 0) is 66.1 Å². The normalized spacial score (nSPS) is 11.9. The molecule has 0 amide bonds. The Balaban J connectivity index is 1.92. The van der Waals surface area contributed by atoms with Gasteiger partial charge < -0.3 is 0 Å². The minimum Gasteiger partial charge on any atom is -0.248 e. The largest absolute Gasteiger partial charge is 0.248 e. The summed E-state index contributed by atoms with van der Waals surface area (Å²) in [6, 6.07) is 18.3. The Morgan fingerprint density at radius 1 is 0.808 bits per heavy atom. The Labute approximate surface area is 153 Å². The number of rotatable bonds is 5. The molecule has 0 bridgehead atoms. The van der Waals surface area contributed by atoms with E-state index in [2.05, 4.69) is 4.99 Å². The summed E-state index contributed by atoms with van der Waals surface area (Å²) in [5.74, 6) is -1.41. The van der Waals surface area contributed by atoms with Crippen molar-refractivity contribution in [2.45, 2.75) is 4.90 Å². The van der Waals surface area contributed by atoms with Gasteiger partial charge >= 0.3 is 0 Å². The molecule has 0 N–H and O–H groups in total. The second kappa shape index (κ2) is 8.54. The summed E-state index contributed by atoms with van der Waals surface area (Å²) in [5.41, 5.74) is 0.996. The highest BCUT2D eigenvalue weighted by atomic mass is 32.2. The molecule has 0 saturated carbocycles. The highest BCUT2D eigenvalue weighted by molar-refractivity contribution is 8.02. The number of nitrogens with zero attached hydrogens (tertiary/aromatic N) is 1. The van der Waals surface area contributed by atoms with Crippen molar-refractivity contribution in [3.63, 3.8) is 0 Å². The number of allylic oxidation sites excluding steroid dienone is 1. The van der Waals surface area contributed by atoms with Crippen LogP contribution in [0.25, 0.3) is 0 Å². The van der Waals surface area contributed by atoms with E-state index in [1.54, 1.807) is 35.7 Å². The van der Waals surface area contributed by atoms with E-state index < -0.39 is 11.6 Å². The van der Waals surface area contributed by atoms with Crippen LogP contribution in [0.15, 0.2) is 94.2 Å². The van der Waals surface area contributed by atoms with Crippen LogP contribution < -0.4 is 0 Å². The van der Waals surface area contributed by atoms with Gasteiger partial charge in [-0.3, -0.25) is 0 Å². The zero-order valence-corrected chi connectivity index (χ0v) is 14.4. The average molecular weight is 369 g/mol. The lowest BCUT2D eigenvalue weighted by Crippen LogP contribution is -2.01. The first-order valence-corrected chi connectivity index (χ1v) is 8.68. The van der Waals surface area contributed by atoms with Crippen LogP contribution in [-0.2, 0) is 0 Å². The van der Waals surface area contributed by atoms with Gasteiger partial charge in [0, 0.05) is 10.5 Å². The smallest absolute Gasteiger partial charge is 0.132 e. The summed E-state index contributed by atoms with van der Waals surface area (Å²) in [6.07, 6.45) is 1.61. The molecule has 130 valence electrons. The maximum atomic E-state index is 14.2. The molecule has 3 aromatic carbocycles. The molecule has 0 aliphatic rings. The summed E-state index contributed by atoms with van der Waals surface area (Å²) in [5, 5.41) is 1.71. The molecule has 0 radical (unpaired) electrons. The van der Waals surface area contributed by atoms with E-state index >= 15 is 0 Å². The molecule has 0 heterocycles. The molecule has 5 heteroatoms. The highest BCUT2D eigenvalue weighted by Gasteiger charge is 2.09. The molecular formula is C21H14F3NS. The van der Waals surface area contributed by atoms with Crippen molar-refractivity contribution in [2.75, 3.05) is 0 Å². The summed E-state index contributed by atoms with van der Waals surface area (Å²) >= 11 is 1.33. The van der Waals surface area contributed by atoms with Crippen LogP contribution in [-0.4, -0.2) is 5.71 Å². The van der Waals surface area contributed by atoms with Crippen molar-refractivity contribution < 1.29 is 13.2 Å². The first-order valence-electron chi connectivity index (χ1n) is 7.80. The van der Waals surface area contributed by atoms with Crippen molar-refractivity contribution in [3.8, 4) is 0 Å². The second-order valence-electron chi connectivity index (χ2n) is 5.33. The van der Waals surface area contributed by atoms with Gasteiger partial charge in [0.15, 0.2) is 0 Å². The van der Waals surface area contributed by atoms with Crippen LogP contribution in [0.2, 0.25) is 0 Å². The minimum atomic E-state index is -0.558. The van der Waals surface area contributed by atoms with Crippen molar-refractivity contribution in [3.05, 3.63) is 107 Å². The fraction of sp³-hybridized carbons (Fsp3) is 0. The van der Waals surface area contributed by atoms with Gasteiger partial charge in [-0.25, -0.2) is 18.2 Å². The lowest BCUT2D eigenvalue weighted by Gasteiger charge is -2.05. The molecule has 0 fully saturated rings. The fourth-order valence-corrected chi connectivity index (χ4v) is 2.86. The van der Waals surface area contributed by atoms with Crippen molar-refractivity contribution in [1.29, 1.82) is 0 Å². The van der Waals surface area contributed by atoms with Gasteiger partial charge in [0.25, 0.3) is 0 Å². The van der Waals surface area contributed by atoms with E-state index in [9.17, 15) is 13.2 Å². The topological polar surface area (TPSA) is 12.4 Å². The van der Waals surface area contributed by atoms with Crippen molar-refractivity contribution in [1.82, 2.24) is 0 Å². The van der Waals surface area contributed by atoms with Gasteiger partial charge in [-0.1, -0.05) is 30.0 Å². The van der Waals surface area contributed by atoms with E-state index in [0.717, 1.165) is 23.1 Å².